The molecule has 3 saturated carbocycles. The average Bonchev–Trinajstić information content (AvgIpc) is 3.10. The smallest absolute Gasteiger partial charge is 0.192 e. The Bertz CT molecular complexity index is 794. The maximum atomic E-state index is 6.82. The van der Waals surface area contributed by atoms with E-state index >= 15 is 0 Å². The molecule has 0 radical (unpaired) electrons. The van der Waals surface area contributed by atoms with Crippen molar-refractivity contribution in [2.75, 3.05) is 0 Å². The summed E-state index contributed by atoms with van der Waals surface area (Å²) in [6.45, 7) is 26.2. The maximum absolute atomic E-state index is 6.82. The van der Waals surface area contributed by atoms with Crippen molar-refractivity contribution in [1.29, 1.82) is 0 Å². The monoisotopic (exact) mass is 498 g/mol. The Morgan fingerprint density at radius 1 is 1.06 bits per heavy atom. The Morgan fingerprint density at radius 3 is 2.43 bits per heavy atom. The van der Waals surface area contributed by atoms with E-state index < -0.39 is 8.32 Å². The van der Waals surface area contributed by atoms with E-state index in [-0.39, 0.29) is 5.04 Å². The Morgan fingerprint density at radius 2 is 1.77 bits per heavy atom. The second-order valence-electron chi connectivity index (χ2n) is 14.7. The molecular weight excluding hydrogens is 440 g/mol. The predicted octanol–water partition coefficient (Wildman–Crippen LogP) is 10.6. The number of fused-ring (bicyclic) bond motifs is 1. The molecule has 200 valence electrons. The second-order valence-corrected chi connectivity index (χ2v) is 19.4. The first-order valence-corrected chi connectivity index (χ1v) is 17.9. The van der Waals surface area contributed by atoms with Gasteiger partial charge in [0.05, 0.1) is 0 Å². The van der Waals surface area contributed by atoms with Crippen LogP contribution in [0.1, 0.15) is 119 Å². The minimum atomic E-state index is -1.73. The van der Waals surface area contributed by atoms with Crippen LogP contribution in [0.5, 0.6) is 0 Å². The van der Waals surface area contributed by atoms with Crippen LogP contribution in [0, 0.1) is 29.1 Å². The summed E-state index contributed by atoms with van der Waals surface area (Å²) >= 11 is 0. The van der Waals surface area contributed by atoms with Crippen LogP contribution in [0.2, 0.25) is 18.1 Å². The molecule has 0 heterocycles. The standard InChI is InChI=1S/C33H58OSi/c1-24(2)13-11-14-26(4)30-20-21-31-27(15-12-22-33(30,31)8)17-18-28-23-29(19-16-25(28)3)34-35(9,10)32(5,6)7/h17-18,24,26,29-31H,3,11-16,19-23H2,1-2,4-10H3/b27-17+,28-18+/t26-,29?,30-,31?,33-/m1/s1. The minimum Gasteiger partial charge on any atom is -0.414 e. The summed E-state index contributed by atoms with van der Waals surface area (Å²) < 4.78 is 6.82. The zero-order valence-corrected chi connectivity index (χ0v) is 25.9. The van der Waals surface area contributed by atoms with Crippen LogP contribution >= 0.6 is 0 Å². The summed E-state index contributed by atoms with van der Waals surface area (Å²) in [6.07, 6.45) is 19.8. The van der Waals surface area contributed by atoms with Crippen molar-refractivity contribution in [3.63, 3.8) is 0 Å². The average molecular weight is 499 g/mol. The first kappa shape index (κ1) is 29.0. The number of allylic oxidation sites excluding steroid dienone is 4. The van der Waals surface area contributed by atoms with Gasteiger partial charge in [0.2, 0.25) is 0 Å². The summed E-state index contributed by atoms with van der Waals surface area (Å²) in [4.78, 5) is 0. The largest absolute Gasteiger partial charge is 0.414 e. The molecule has 0 aromatic heterocycles. The first-order chi connectivity index (χ1) is 16.2. The summed E-state index contributed by atoms with van der Waals surface area (Å²) in [5.74, 6) is 3.41. The lowest BCUT2D eigenvalue weighted by atomic mass is 9.60. The fraction of sp³-hybridized carbons (Fsp3) is 0.818. The molecule has 2 unspecified atom stereocenters. The van der Waals surface area contributed by atoms with E-state index in [4.69, 9.17) is 4.43 Å². The number of hydrogen-bond acceptors (Lipinski definition) is 1. The van der Waals surface area contributed by atoms with Gasteiger partial charge in [-0.1, -0.05) is 97.6 Å². The van der Waals surface area contributed by atoms with Crippen LogP contribution in [-0.2, 0) is 4.43 Å². The third kappa shape index (κ3) is 6.84. The van der Waals surface area contributed by atoms with Gasteiger partial charge in [-0.25, -0.2) is 0 Å². The zero-order valence-electron chi connectivity index (χ0n) is 24.9. The van der Waals surface area contributed by atoms with Gasteiger partial charge in [-0.2, -0.15) is 0 Å². The first-order valence-electron chi connectivity index (χ1n) is 15.0. The van der Waals surface area contributed by atoms with Crippen LogP contribution in [-0.4, -0.2) is 14.4 Å². The minimum absolute atomic E-state index is 0.269. The summed E-state index contributed by atoms with van der Waals surface area (Å²) in [5, 5.41) is 0.269. The maximum Gasteiger partial charge on any atom is 0.192 e. The highest BCUT2D eigenvalue weighted by molar-refractivity contribution is 6.74. The molecule has 0 aromatic rings. The quantitative estimate of drug-likeness (QED) is 0.302. The number of rotatable bonds is 8. The Balaban J connectivity index is 1.70. The van der Waals surface area contributed by atoms with Crippen LogP contribution < -0.4 is 0 Å². The summed E-state index contributed by atoms with van der Waals surface area (Å²) in [7, 11) is -1.73. The molecule has 3 rings (SSSR count). The van der Waals surface area contributed by atoms with Gasteiger partial charge in [0.15, 0.2) is 8.32 Å². The molecule has 0 saturated heterocycles. The van der Waals surface area contributed by atoms with E-state index in [0.29, 0.717) is 11.5 Å². The lowest BCUT2D eigenvalue weighted by Crippen LogP contribution is -2.44. The van der Waals surface area contributed by atoms with Gasteiger partial charge in [-0.3, -0.25) is 0 Å². The van der Waals surface area contributed by atoms with Crippen LogP contribution in [0.25, 0.3) is 0 Å². The van der Waals surface area contributed by atoms with Gasteiger partial charge in [0, 0.05) is 6.10 Å². The van der Waals surface area contributed by atoms with Crippen molar-refractivity contribution in [3.05, 3.63) is 35.5 Å². The molecule has 0 N–H and O–H groups in total. The normalized spacial score (nSPS) is 33.5. The molecule has 1 nitrogen and oxygen atoms in total. The third-order valence-corrected chi connectivity index (χ3v) is 15.1. The molecule has 0 aliphatic heterocycles. The van der Waals surface area contributed by atoms with Gasteiger partial charge in [0.25, 0.3) is 0 Å². The Labute approximate surface area is 220 Å². The molecular formula is C33H58OSi. The van der Waals surface area contributed by atoms with E-state index in [1.165, 1.54) is 62.5 Å². The molecule has 35 heavy (non-hydrogen) atoms. The topological polar surface area (TPSA) is 9.23 Å². The summed E-state index contributed by atoms with van der Waals surface area (Å²) in [5.41, 5.74) is 5.05. The third-order valence-electron chi connectivity index (χ3n) is 10.6. The molecule has 3 aliphatic carbocycles. The SMILES string of the molecule is C=C1CCC(O[Si](C)(C)C(C)(C)C)C/C1=C\C=C1/CCC[C@@]2(C)C1CC[C@@H]2[C@H](C)CCCC(C)C. The zero-order chi connectivity index (χ0) is 26.0. The van der Waals surface area contributed by atoms with Gasteiger partial charge >= 0.3 is 0 Å². The van der Waals surface area contributed by atoms with Gasteiger partial charge < -0.3 is 4.43 Å². The molecule has 5 atom stereocenters. The van der Waals surface area contributed by atoms with Crippen molar-refractivity contribution in [2.24, 2.45) is 29.1 Å². The molecule has 3 aliphatic rings. The second kappa shape index (κ2) is 11.4. The van der Waals surface area contributed by atoms with E-state index in [2.05, 4.69) is 80.3 Å². The van der Waals surface area contributed by atoms with E-state index in [0.717, 1.165) is 42.9 Å². The molecule has 0 bridgehead atoms. The molecule has 3 fully saturated rings. The van der Waals surface area contributed by atoms with Crippen molar-refractivity contribution >= 4 is 8.32 Å². The van der Waals surface area contributed by atoms with E-state index in [1.807, 2.05) is 0 Å². The van der Waals surface area contributed by atoms with E-state index in [1.54, 1.807) is 5.57 Å². The van der Waals surface area contributed by atoms with Crippen LogP contribution in [0.15, 0.2) is 35.5 Å². The van der Waals surface area contributed by atoms with Crippen LogP contribution in [0.4, 0.5) is 0 Å². The van der Waals surface area contributed by atoms with Gasteiger partial charge in [-0.15, -0.1) is 0 Å². The van der Waals surface area contributed by atoms with E-state index in [9.17, 15) is 0 Å². The van der Waals surface area contributed by atoms with Crippen molar-refractivity contribution in [1.82, 2.24) is 0 Å². The predicted molar refractivity (Wildman–Crippen MR) is 157 cm³/mol. The van der Waals surface area contributed by atoms with Gasteiger partial charge in [0.1, 0.15) is 0 Å². The lowest BCUT2D eigenvalue weighted by Gasteiger charge is -2.44. The lowest BCUT2D eigenvalue weighted by molar-refractivity contribution is 0.0929. The Kier molecular flexibility index (Phi) is 9.45. The fourth-order valence-electron chi connectivity index (χ4n) is 7.34. The Hall–Kier alpha value is -0.603. The fourth-order valence-corrected chi connectivity index (χ4v) is 8.73. The number of hydrogen-bond donors (Lipinski definition) is 0. The molecule has 2 heteroatoms. The van der Waals surface area contributed by atoms with Crippen molar-refractivity contribution < 1.29 is 4.43 Å². The van der Waals surface area contributed by atoms with Gasteiger partial charge in [-0.05, 0) is 104 Å². The summed E-state index contributed by atoms with van der Waals surface area (Å²) in [6, 6.07) is 0. The van der Waals surface area contributed by atoms with Crippen molar-refractivity contribution in [2.45, 2.75) is 143 Å². The highest BCUT2D eigenvalue weighted by atomic mass is 28.4. The van der Waals surface area contributed by atoms with Crippen LogP contribution in [0.3, 0.4) is 0 Å². The van der Waals surface area contributed by atoms with Crippen molar-refractivity contribution in [3.8, 4) is 0 Å². The highest BCUT2D eigenvalue weighted by Gasteiger charge is 2.50. The highest BCUT2D eigenvalue weighted by Crippen LogP contribution is 2.60. The molecule has 0 aromatic carbocycles. The molecule has 0 spiro atoms. The molecule has 0 amide bonds.